The molecule has 5 rings (SSSR count). The zero-order chi connectivity index (χ0) is 16.0. The quantitative estimate of drug-likeness (QED) is 0.747. The molecule has 0 amide bonds. The van der Waals surface area contributed by atoms with Gasteiger partial charge in [-0.15, -0.1) is 0 Å². The summed E-state index contributed by atoms with van der Waals surface area (Å²) in [6, 6.07) is 8.17. The Bertz CT molecular complexity index is 934. The molecule has 1 unspecified atom stereocenters. The number of ether oxygens (including phenoxy) is 1. The summed E-state index contributed by atoms with van der Waals surface area (Å²) < 4.78 is 6.41. The molecule has 6 nitrogen and oxygen atoms in total. The van der Waals surface area contributed by atoms with Gasteiger partial charge in [0.25, 0.3) is 0 Å². The number of aromatic amines is 1. The van der Waals surface area contributed by atoms with Crippen molar-refractivity contribution in [1.82, 2.24) is 19.9 Å². The average molecular weight is 319 g/mol. The van der Waals surface area contributed by atoms with Gasteiger partial charge in [-0.1, -0.05) is 24.3 Å². The van der Waals surface area contributed by atoms with Crippen LogP contribution < -0.4 is 9.64 Å². The summed E-state index contributed by atoms with van der Waals surface area (Å²) in [5.74, 6) is 1.85. The van der Waals surface area contributed by atoms with Crippen molar-refractivity contribution in [2.45, 2.75) is 18.4 Å². The lowest BCUT2D eigenvalue weighted by Crippen LogP contribution is -2.51. The maximum absolute atomic E-state index is 6.41. The average Bonchev–Trinajstić information content (AvgIpc) is 3.10. The van der Waals surface area contributed by atoms with Gasteiger partial charge in [-0.05, 0) is 25.0 Å². The van der Waals surface area contributed by atoms with Crippen molar-refractivity contribution in [3.63, 3.8) is 0 Å². The number of anilines is 1. The molecule has 24 heavy (non-hydrogen) atoms. The van der Waals surface area contributed by atoms with Crippen LogP contribution in [0.1, 0.15) is 18.4 Å². The van der Waals surface area contributed by atoms with Crippen LogP contribution in [0.15, 0.2) is 43.0 Å². The molecule has 0 radical (unpaired) electrons. The third kappa shape index (κ3) is 2.06. The summed E-state index contributed by atoms with van der Waals surface area (Å²) in [5, 5.41) is 0. The van der Waals surface area contributed by atoms with E-state index in [0.29, 0.717) is 5.65 Å². The van der Waals surface area contributed by atoms with Crippen molar-refractivity contribution in [1.29, 1.82) is 0 Å². The Morgan fingerprint density at radius 2 is 2.12 bits per heavy atom. The fraction of sp³-hybridized carbons (Fsp3) is 0.278. The zero-order valence-electron chi connectivity index (χ0n) is 13.1. The lowest BCUT2D eigenvalue weighted by molar-refractivity contribution is 0.0985. The van der Waals surface area contributed by atoms with Gasteiger partial charge in [0.15, 0.2) is 11.5 Å². The normalized spacial score (nSPS) is 22.6. The van der Waals surface area contributed by atoms with Crippen molar-refractivity contribution in [3.05, 3.63) is 48.6 Å². The first-order valence-electron chi connectivity index (χ1n) is 8.19. The topological polar surface area (TPSA) is 66.9 Å². The van der Waals surface area contributed by atoms with Crippen molar-refractivity contribution in [2.24, 2.45) is 0 Å². The third-order valence-electron chi connectivity index (χ3n) is 4.79. The van der Waals surface area contributed by atoms with Crippen LogP contribution in [0.4, 0.5) is 5.82 Å². The molecular weight excluding hydrogens is 302 g/mol. The van der Waals surface area contributed by atoms with E-state index in [9.17, 15) is 0 Å². The highest BCUT2D eigenvalue weighted by Crippen LogP contribution is 2.37. The largest absolute Gasteiger partial charge is 0.481 e. The smallest absolute Gasteiger partial charge is 0.182 e. The number of hydrogen-bond acceptors (Lipinski definition) is 5. The molecule has 1 fully saturated rings. The van der Waals surface area contributed by atoms with Crippen LogP contribution in [-0.4, -0.2) is 38.6 Å². The Balaban J connectivity index is 1.50. The summed E-state index contributed by atoms with van der Waals surface area (Å²) in [4.78, 5) is 18.3. The number of nitrogens with one attached hydrogen (secondary N) is 1. The minimum atomic E-state index is -0.302. The molecule has 1 spiro atoms. The second-order valence-corrected chi connectivity index (χ2v) is 6.36. The van der Waals surface area contributed by atoms with Crippen LogP contribution in [0.5, 0.6) is 5.75 Å². The van der Waals surface area contributed by atoms with Gasteiger partial charge in [-0.3, -0.25) is 0 Å². The van der Waals surface area contributed by atoms with Crippen LogP contribution in [0.3, 0.4) is 0 Å². The first-order valence-corrected chi connectivity index (χ1v) is 8.19. The highest BCUT2D eigenvalue weighted by Gasteiger charge is 2.38. The number of para-hydroxylation sites is 1. The number of hydrogen-bond donors (Lipinski definition) is 1. The van der Waals surface area contributed by atoms with Crippen molar-refractivity contribution >= 4 is 23.1 Å². The second kappa shape index (κ2) is 5.06. The molecule has 1 N–H and O–H groups in total. The Morgan fingerprint density at radius 3 is 3.12 bits per heavy atom. The predicted octanol–water partition coefficient (Wildman–Crippen LogP) is 2.80. The van der Waals surface area contributed by atoms with Gasteiger partial charge in [0.1, 0.15) is 23.2 Å². The number of rotatable bonds is 1. The minimum Gasteiger partial charge on any atom is -0.481 e. The van der Waals surface area contributed by atoms with Crippen LogP contribution >= 0.6 is 0 Å². The van der Waals surface area contributed by atoms with E-state index in [4.69, 9.17) is 4.74 Å². The SMILES string of the molecule is C1=CC2(CCCN(c3ncnc4nc[nH]c34)C2)Oc2ccccc21. The Morgan fingerprint density at radius 1 is 1.17 bits per heavy atom. The van der Waals surface area contributed by atoms with Gasteiger partial charge in [-0.25, -0.2) is 15.0 Å². The van der Waals surface area contributed by atoms with Gasteiger partial charge in [0, 0.05) is 12.1 Å². The summed E-state index contributed by atoms with van der Waals surface area (Å²) in [6.07, 6.45) is 9.67. The summed E-state index contributed by atoms with van der Waals surface area (Å²) >= 11 is 0. The predicted molar refractivity (Wildman–Crippen MR) is 92.0 cm³/mol. The molecule has 4 heterocycles. The highest BCUT2D eigenvalue weighted by atomic mass is 16.5. The Labute approximate surface area is 139 Å². The van der Waals surface area contributed by atoms with Crippen molar-refractivity contribution in [3.8, 4) is 5.75 Å². The van der Waals surface area contributed by atoms with Crippen molar-refractivity contribution < 1.29 is 4.74 Å². The monoisotopic (exact) mass is 319 g/mol. The fourth-order valence-electron chi connectivity index (χ4n) is 3.65. The molecule has 1 aromatic carbocycles. The minimum absolute atomic E-state index is 0.302. The number of benzene rings is 1. The molecule has 2 aliphatic heterocycles. The number of fused-ring (bicyclic) bond motifs is 2. The number of aromatic nitrogens is 4. The second-order valence-electron chi connectivity index (χ2n) is 6.36. The van der Waals surface area contributed by atoms with Gasteiger partial charge < -0.3 is 14.6 Å². The lowest BCUT2D eigenvalue weighted by Gasteiger charge is -2.43. The summed E-state index contributed by atoms with van der Waals surface area (Å²) in [7, 11) is 0. The number of H-pyrrole nitrogens is 1. The number of piperidine rings is 1. The van der Waals surface area contributed by atoms with E-state index in [1.165, 1.54) is 0 Å². The maximum atomic E-state index is 6.41. The molecule has 120 valence electrons. The molecule has 0 saturated carbocycles. The Kier molecular flexibility index (Phi) is 2.85. The molecule has 1 atom stereocenters. The first-order chi connectivity index (χ1) is 11.8. The molecule has 1 saturated heterocycles. The van der Waals surface area contributed by atoms with Gasteiger partial charge in [0.2, 0.25) is 0 Å². The number of imidazole rings is 1. The zero-order valence-corrected chi connectivity index (χ0v) is 13.1. The van der Waals surface area contributed by atoms with E-state index in [1.54, 1.807) is 12.7 Å². The van der Waals surface area contributed by atoms with E-state index < -0.39 is 0 Å². The van der Waals surface area contributed by atoms with Crippen LogP contribution in [0.25, 0.3) is 17.2 Å². The molecule has 0 aliphatic carbocycles. The molecule has 2 aromatic heterocycles. The van der Waals surface area contributed by atoms with E-state index in [2.05, 4.69) is 43.1 Å². The van der Waals surface area contributed by atoms with Crippen molar-refractivity contribution in [2.75, 3.05) is 18.0 Å². The van der Waals surface area contributed by atoms with E-state index in [1.807, 2.05) is 18.2 Å². The number of nitrogens with zero attached hydrogens (tertiary/aromatic N) is 4. The molecular formula is C18H17N5O. The van der Waals surface area contributed by atoms with Crippen LogP contribution in [-0.2, 0) is 0 Å². The molecule has 6 heteroatoms. The molecule has 2 aliphatic rings. The van der Waals surface area contributed by atoms with Gasteiger partial charge in [-0.2, -0.15) is 0 Å². The summed E-state index contributed by atoms with van der Waals surface area (Å²) in [6.45, 7) is 1.72. The summed E-state index contributed by atoms with van der Waals surface area (Å²) in [5.41, 5.74) is 2.42. The molecule has 3 aromatic rings. The van der Waals surface area contributed by atoms with E-state index >= 15 is 0 Å². The van der Waals surface area contributed by atoms with E-state index in [-0.39, 0.29) is 5.60 Å². The highest BCUT2D eigenvalue weighted by molar-refractivity contribution is 5.82. The fourth-order valence-corrected chi connectivity index (χ4v) is 3.65. The Hall–Kier alpha value is -2.89. The standard InChI is InChI=1S/C18H17N5O/c1-2-5-14-13(4-1)6-8-18(24-14)7-3-9-23(10-18)17-15-16(20-11-19-15)21-12-22-17/h1-2,4-6,8,11-12H,3,7,9-10H2,(H,19,20,21,22). The third-order valence-corrected chi connectivity index (χ3v) is 4.79. The van der Waals surface area contributed by atoms with Crippen LogP contribution in [0.2, 0.25) is 0 Å². The van der Waals surface area contributed by atoms with Gasteiger partial charge in [0.05, 0.1) is 12.9 Å². The lowest BCUT2D eigenvalue weighted by atomic mass is 9.89. The molecule has 0 bridgehead atoms. The maximum Gasteiger partial charge on any atom is 0.182 e. The van der Waals surface area contributed by atoms with Crippen LogP contribution in [0, 0.1) is 0 Å². The van der Waals surface area contributed by atoms with E-state index in [0.717, 1.165) is 48.6 Å². The first kappa shape index (κ1) is 13.5. The van der Waals surface area contributed by atoms with Gasteiger partial charge >= 0.3 is 0 Å².